The average molecular weight is 311 g/mol. The molecule has 0 bridgehead atoms. The molecule has 118 valence electrons. The molecule has 0 saturated heterocycles. The third-order valence-corrected chi connectivity index (χ3v) is 2.59. The highest BCUT2D eigenvalue weighted by Crippen LogP contribution is 2.23. The topological polar surface area (TPSA) is 133 Å². The van der Waals surface area contributed by atoms with Crippen LogP contribution in [0.25, 0.3) is 0 Å². The van der Waals surface area contributed by atoms with Crippen LogP contribution in [0.15, 0.2) is 18.2 Å². The molecule has 0 unspecified atom stereocenters. The molecule has 0 heterocycles. The van der Waals surface area contributed by atoms with E-state index in [4.69, 9.17) is 0 Å². The van der Waals surface area contributed by atoms with Gasteiger partial charge in [-0.25, -0.2) is 0 Å². The molecule has 0 N–H and O–H groups in total. The van der Waals surface area contributed by atoms with Crippen LogP contribution in [-0.4, -0.2) is 46.8 Å². The van der Waals surface area contributed by atoms with Gasteiger partial charge in [0, 0.05) is 19.2 Å². The highest BCUT2D eigenvalue weighted by atomic mass is 16.6. The molecule has 0 aliphatic rings. The summed E-state index contributed by atoms with van der Waals surface area (Å²) in [6.07, 6.45) is 0. The third-order valence-electron chi connectivity index (χ3n) is 2.59. The Morgan fingerprint density at radius 1 is 1.14 bits per heavy atom. The van der Waals surface area contributed by atoms with Crippen LogP contribution in [0.4, 0.5) is 11.4 Å². The molecule has 0 aliphatic heterocycles. The molecule has 0 radical (unpaired) electrons. The number of likely N-dealkylation sites (N-methyl/N-ethyl adjacent to an activating group) is 1. The number of carbonyl (C=O) groups excluding carboxylic acids is 2. The van der Waals surface area contributed by atoms with E-state index in [0.29, 0.717) is 0 Å². The van der Waals surface area contributed by atoms with Crippen molar-refractivity contribution in [3.63, 3.8) is 0 Å². The van der Waals surface area contributed by atoms with Crippen molar-refractivity contribution in [2.75, 3.05) is 20.2 Å². The Hall–Kier alpha value is -3.04. The number of benzene rings is 1. The number of nitrogens with zero attached hydrogens (tertiary/aromatic N) is 3. The molecule has 22 heavy (non-hydrogen) atoms. The molecule has 10 nitrogen and oxygen atoms in total. The first-order chi connectivity index (χ1) is 10.3. The van der Waals surface area contributed by atoms with Gasteiger partial charge in [0.2, 0.25) is 0 Å². The number of ether oxygens (including phenoxy) is 1. The van der Waals surface area contributed by atoms with Crippen LogP contribution in [0, 0.1) is 20.2 Å². The van der Waals surface area contributed by atoms with E-state index in [2.05, 4.69) is 4.74 Å². The molecule has 0 aromatic heterocycles. The largest absolute Gasteiger partial charge is 0.465 e. The molecule has 0 fully saturated rings. The molecule has 0 saturated carbocycles. The molecule has 1 aromatic rings. The second kappa shape index (κ2) is 7.11. The summed E-state index contributed by atoms with van der Waals surface area (Å²) in [6, 6.07) is 2.58. The summed E-state index contributed by atoms with van der Waals surface area (Å²) in [7, 11) is 1.28. The van der Waals surface area contributed by atoms with Crippen LogP contribution < -0.4 is 0 Å². The fraction of sp³-hybridized carbons (Fsp3) is 0.333. The average Bonchev–Trinajstić information content (AvgIpc) is 2.45. The number of hydrogen-bond donors (Lipinski definition) is 0. The lowest BCUT2D eigenvalue weighted by Gasteiger charge is -2.15. The number of carbonyl (C=O) groups is 2. The third kappa shape index (κ3) is 4.23. The number of hydrogen-bond acceptors (Lipinski definition) is 7. The standard InChI is InChI=1S/C12H13N3O7/c1-3-22-11(16)7-13(2)12(17)8-4-9(14(18)19)6-10(5-8)15(20)21/h4-6H,3,7H2,1-2H3. The van der Waals surface area contributed by atoms with Gasteiger partial charge in [0.1, 0.15) is 6.54 Å². The minimum absolute atomic E-state index is 0.142. The summed E-state index contributed by atoms with van der Waals surface area (Å²) in [5.74, 6) is -1.42. The lowest BCUT2D eigenvalue weighted by Crippen LogP contribution is -2.33. The molecular weight excluding hydrogens is 298 g/mol. The van der Waals surface area contributed by atoms with Crippen molar-refractivity contribution in [1.29, 1.82) is 0 Å². The van der Waals surface area contributed by atoms with E-state index >= 15 is 0 Å². The van der Waals surface area contributed by atoms with E-state index in [0.717, 1.165) is 23.1 Å². The van der Waals surface area contributed by atoms with Crippen molar-refractivity contribution in [1.82, 2.24) is 4.90 Å². The van der Waals surface area contributed by atoms with E-state index in [1.165, 1.54) is 7.05 Å². The first-order valence-corrected chi connectivity index (χ1v) is 6.11. The summed E-state index contributed by atoms with van der Waals surface area (Å²) in [5, 5.41) is 21.5. The zero-order valence-electron chi connectivity index (χ0n) is 11.8. The maximum atomic E-state index is 12.1. The lowest BCUT2D eigenvalue weighted by atomic mass is 10.1. The zero-order chi connectivity index (χ0) is 16.9. The number of amides is 1. The number of rotatable bonds is 6. The fourth-order valence-electron chi connectivity index (χ4n) is 1.62. The van der Waals surface area contributed by atoms with Crippen molar-refractivity contribution in [2.45, 2.75) is 6.92 Å². The van der Waals surface area contributed by atoms with E-state index in [9.17, 15) is 29.8 Å². The maximum absolute atomic E-state index is 12.1. The van der Waals surface area contributed by atoms with Gasteiger partial charge in [0.05, 0.1) is 28.1 Å². The van der Waals surface area contributed by atoms with E-state index < -0.39 is 33.1 Å². The quantitative estimate of drug-likeness (QED) is 0.437. The van der Waals surface area contributed by atoms with Crippen LogP contribution >= 0.6 is 0 Å². The van der Waals surface area contributed by atoms with E-state index in [1.54, 1.807) is 6.92 Å². The predicted molar refractivity (Wildman–Crippen MR) is 73.3 cm³/mol. The first kappa shape index (κ1) is 17.0. The molecule has 0 spiro atoms. The van der Waals surface area contributed by atoms with Crippen molar-refractivity contribution in [2.24, 2.45) is 0 Å². The minimum Gasteiger partial charge on any atom is -0.465 e. The van der Waals surface area contributed by atoms with Gasteiger partial charge < -0.3 is 9.64 Å². The number of nitro benzene ring substituents is 2. The molecule has 10 heteroatoms. The summed E-state index contributed by atoms with van der Waals surface area (Å²) in [6.45, 7) is 1.37. The SMILES string of the molecule is CCOC(=O)CN(C)C(=O)c1cc([N+](=O)[O-])cc([N+](=O)[O-])c1. The number of non-ortho nitro benzene ring substituents is 2. The maximum Gasteiger partial charge on any atom is 0.325 e. The Morgan fingerprint density at radius 3 is 2.05 bits per heavy atom. The lowest BCUT2D eigenvalue weighted by molar-refractivity contribution is -0.394. The fourth-order valence-corrected chi connectivity index (χ4v) is 1.62. The van der Waals surface area contributed by atoms with Crippen LogP contribution in [-0.2, 0) is 9.53 Å². The van der Waals surface area contributed by atoms with Gasteiger partial charge in [-0.05, 0) is 6.92 Å². The van der Waals surface area contributed by atoms with Gasteiger partial charge in [-0.2, -0.15) is 0 Å². The van der Waals surface area contributed by atoms with E-state index in [1.807, 2.05) is 0 Å². The van der Waals surface area contributed by atoms with Crippen LogP contribution in [0.1, 0.15) is 17.3 Å². The highest BCUT2D eigenvalue weighted by molar-refractivity contribution is 5.97. The Bertz CT molecular complexity index is 597. The van der Waals surface area contributed by atoms with Gasteiger partial charge in [0.25, 0.3) is 17.3 Å². The smallest absolute Gasteiger partial charge is 0.325 e. The van der Waals surface area contributed by atoms with Gasteiger partial charge >= 0.3 is 5.97 Å². The Labute approximate surface area is 124 Å². The summed E-state index contributed by atoms with van der Waals surface area (Å²) in [4.78, 5) is 44.2. The molecule has 1 aromatic carbocycles. The Morgan fingerprint density at radius 2 is 1.64 bits per heavy atom. The first-order valence-electron chi connectivity index (χ1n) is 6.11. The summed E-state index contributed by atoms with van der Waals surface area (Å²) < 4.78 is 4.67. The van der Waals surface area contributed by atoms with Crippen LogP contribution in [0.3, 0.4) is 0 Å². The van der Waals surface area contributed by atoms with Crippen molar-refractivity contribution in [3.8, 4) is 0 Å². The molecule has 0 atom stereocenters. The Kier molecular flexibility index (Phi) is 5.50. The van der Waals surface area contributed by atoms with Crippen LogP contribution in [0.2, 0.25) is 0 Å². The highest BCUT2D eigenvalue weighted by Gasteiger charge is 2.22. The number of esters is 1. The molecule has 1 amide bonds. The van der Waals surface area contributed by atoms with Crippen molar-refractivity contribution < 1.29 is 24.2 Å². The van der Waals surface area contributed by atoms with Gasteiger partial charge in [-0.1, -0.05) is 0 Å². The van der Waals surface area contributed by atoms with Gasteiger partial charge in [-0.15, -0.1) is 0 Å². The Balaban J connectivity index is 3.08. The van der Waals surface area contributed by atoms with Gasteiger partial charge in [-0.3, -0.25) is 29.8 Å². The van der Waals surface area contributed by atoms with Crippen molar-refractivity contribution >= 4 is 23.3 Å². The zero-order valence-corrected chi connectivity index (χ0v) is 11.8. The monoisotopic (exact) mass is 311 g/mol. The molecule has 0 aliphatic carbocycles. The summed E-state index contributed by atoms with van der Waals surface area (Å²) in [5.41, 5.74) is -1.42. The van der Waals surface area contributed by atoms with Crippen molar-refractivity contribution in [3.05, 3.63) is 44.0 Å². The summed E-state index contributed by atoms with van der Waals surface area (Å²) >= 11 is 0. The normalized spacial score (nSPS) is 9.91. The minimum atomic E-state index is -0.838. The van der Waals surface area contributed by atoms with Crippen LogP contribution in [0.5, 0.6) is 0 Å². The van der Waals surface area contributed by atoms with Gasteiger partial charge in [0.15, 0.2) is 0 Å². The van der Waals surface area contributed by atoms with E-state index in [-0.39, 0.29) is 18.7 Å². The number of nitro groups is 2. The second-order valence-corrected chi connectivity index (χ2v) is 4.22. The second-order valence-electron chi connectivity index (χ2n) is 4.22. The molecule has 1 rings (SSSR count). The predicted octanol–water partition coefficient (Wildman–Crippen LogP) is 1.14. The molecular formula is C12H13N3O7.